The van der Waals surface area contributed by atoms with Gasteiger partial charge in [0.25, 0.3) is 0 Å². The van der Waals surface area contributed by atoms with E-state index >= 15 is 0 Å². The molecule has 4 nitrogen and oxygen atoms in total. The fourth-order valence-corrected chi connectivity index (χ4v) is 0.767. The van der Waals surface area contributed by atoms with Crippen LogP contribution < -0.4 is 0 Å². The Labute approximate surface area is 74.5 Å². The van der Waals surface area contributed by atoms with Crippen molar-refractivity contribution in [2.24, 2.45) is 0 Å². The molecule has 1 heterocycles. The Morgan fingerprint density at radius 1 is 1.75 bits per heavy atom. The number of rotatable bonds is 2. The van der Waals surface area contributed by atoms with Crippen molar-refractivity contribution in [3.05, 3.63) is 23.2 Å². The first-order valence-corrected chi connectivity index (χ1v) is 3.77. The predicted molar refractivity (Wildman–Crippen MR) is 43.0 cm³/mol. The number of carbonyl (C=O) groups excluding carboxylic acids is 1. The van der Waals surface area contributed by atoms with Crippen molar-refractivity contribution in [1.29, 1.82) is 0 Å². The van der Waals surface area contributed by atoms with E-state index in [-0.39, 0.29) is 11.0 Å². The van der Waals surface area contributed by atoms with Gasteiger partial charge in [-0.2, -0.15) is 0 Å². The molecule has 0 unspecified atom stereocenters. The summed E-state index contributed by atoms with van der Waals surface area (Å²) in [6, 6.07) is 1.49. The van der Waals surface area contributed by atoms with Crippen LogP contribution in [-0.4, -0.2) is 22.5 Å². The third-order valence-electron chi connectivity index (χ3n) is 1.08. The molecule has 1 aromatic heterocycles. The van der Waals surface area contributed by atoms with Gasteiger partial charge in [-0.15, -0.1) is 0 Å². The molecule has 1 rings (SSSR count). The largest absolute Gasteiger partial charge is 0.460 e. The minimum atomic E-state index is -0.556. The molecule has 0 N–H and O–H groups in total. The molecule has 12 heavy (non-hydrogen) atoms. The van der Waals surface area contributed by atoms with E-state index in [0.29, 0.717) is 6.61 Å². The van der Waals surface area contributed by atoms with E-state index in [9.17, 15) is 4.79 Å². The van der Waals surface area contributed by atoms with Gasteiger partial charge < -0.3 is 4.74 Å². The summed E-state index contributed by atoms with van der Waals surface area (Å²) in [6.07, 6.45) is 1.40. The Hall–Kier alpha value is -1.16. The van der Waals surface area contributed by atoms with Crippen LogP contribution in [0.5, 0.6) is 0 Å². The lowest BCUT2D eigenvalue weighted by Gasteiger charge is -1.98. The molecule has 0 atom stereocenters. The molecular formula is C7H7ClN2O2. The molecule has 0 bridgehead atoms. The number of hydrogen-bond donors (Lipinski definition) is 0. The first-order chi connectivity index (χ1) is 5.74. The quantitative estimate of drug-likeness (QED) is 0.516. The van der Waals surface area contributed by atoms with Gasteiger partial charge in [-0.25, -0.2) is 14.8 Å². The highest BCUT2D eigenvalue weighted by Crippen LogP contribution is 2.02. The van der Waals surface area contributed by atoms with Gasteiger partial charge in [0, 0.05) is 6.20 Å². The summed E-state index contributed by atoms with van der Waals surface area (Å²) in [6.45, 7) is 2.01. The highest BCUT2D eigenvalue weighted by molar-refractivity contribution is 6.29. The number of hydrogen-bond acceptors (Lipinski definition) is 4. The third kappa shape index (κ3) is 2.17. The number of carbonyl (C=O) groups is 1. The molecule has 0 amide bonds. The Morgan fingerprint density at radius 3 is 3.08 bits per heavy atom. The van der Waals surface area contributed by atoms with Crippen LogP contribution in [0.4, 0.5) is 0 Å². The second kappa shape index (κ2) is 4.01. The molecule has 0 fully saturated rings. The van der Waals surface area contributed by atoms with Crippen LogP contribution >= 0.6 is 11.6 Å². The van der Waals surface area contributed by atoms with Crippen molar-refractivity contribution in [2.45, 2.75) is 6.92 Å². The molecule has 0 aliphatic rings. The highest BCUT2D eigenvalue weighted by atomic mass is 35.5. The van der Waals surface area contributed by atoms with Crippen molar-refractivity contribution in [3.8, 4) is 0 Å². The fraction of sp³-hybridized carbons (Fsp3) is 0.286. The van der Waals surface area contributed by atoms with E-state index in [1.807, 2.05) is 0 Å². The van der Waals surface area contributed by atoms with E-state index in [1.165, 1.54) is 12.3 Å². The summed E-state index contributed by atoms with van der Waals surface area (Å²) < 4.78 is 4.66. The fourth-order valence-electron chi connectivity index (χ4n) is 0.631. The van der Waals surface area contributed by atoms with Crippen molar-refractivity contribution in [3.63, 3.8) is 0 Å². The molecule has 1 aromatic rings. The van der Waals surface area contributed by atoms with Crippen LogP contribution in [0.25, 0.3) is 0 Å². The number of nitrogens with zero attached hydrogens (tertiary/aromatic N) is 2. The normalized spacial score (nSPS) is 9.50. The molecule has 5 heteroatoms. The molecule has 0 radical (unpaired) electrons. The van der Waals surface area contributed by atoms with Gasteiger partial charge in [-0.05, 0) is 13.0 Å². The Bertz CT molecular complexity index is 290. The minimum Gasteiger partial charge on any atom is -0.460 e. The number of halogens is 1. The highest BCUT2D eigenvalue weighted by Gasteiger charge is 2.09. The molecule has 0 aromatic carbocycles. The Morgan fingerprint density at radius 2 is 2.50 bits per heavy atom. The molecule has 0 aliphatic heterocycles. The standard InChI is InChI=1S/C7H7ClN2O2/c1-2-12-7(11)6-9-4-3-5(8)10-6/h3-4H,2H2,1H3. The number of ether oxygens (including phenoxy) is 1. The average Bonchev–Trinajstić information content (AvgIpc) is 2.05. The van der Waals surface area contributed by atoms with E-state index in [2.05, 4.69) is 14.7 Å². The monoisotopic (exact) mass is 186 g/mol. The molecule has 64 valence electrons. The molecule has 0 aliphatic carbocycles. The van der Waals surface area contributed by atoms with Crippen molar-refractivity contribution >= 4 is 17.6 Å². The summed E-state index contributed by atoms with van der Waals surface area (Å²) in [4.78, 5) is 18.4. The number of aromatic nitrogens is 2. The maximum Gasteiger partial charge on any atom is 0.376 e. The second-order valence-electron chi connectivity index (χ2n) is 1.92. The van der Waals surface area contributed by atoms with E-state index in [4.69, 9.17) is 11.6 Å². The van der Waals surface area contributed by atoms with Crippen LogP contribution in [-0.2, 0) is 4.74 Å². The van der Waals surface area contributed by atoms with Gasteiger partial charge in [0.15, 0.2) is 0 Å². The molecule has 0 spiro atoms. The summed E-state index contributed by atoms with van der Waals surface area (Å²) in [7, 11) is 0. The van der Waals surface area contributed by atoms with Gasteiger partial charge in [0.05, 0.1) is 6.61 Å². The van der Waals surface area contributed by atoms with Crippen LogP contribution in [0.1, 0.15) is 17.5 Å². The molecular weight excluding hydrogens is 180 g/mol. The summed E-state index contributed by atoms with van der Waals surface area (Å²) in [5.74, 6) is -0.565. The summed E-state index contributed by atoms with van der Waals surface area (Å²) in [5, 5.41) is 0.230. The smallest absolute Gasteiger partial charge is 0.376 e. The molecule has 0 saturated heterocycles. The van der Waals surface area contributed by atoms with Gasteiger partial charge in [-0.1, -0.05) is 11.6 Å². The van der Waals surface area contributed by atoms with E-state index in [0.717, 1.165) is 0 Å². The van der Waals surface area contributed by atoms with Crippen molar-refractivity contribution in [2.75, 3.05) is 6.61 Å². The minimum absolute atomic E-state index is 0.00986. The van der Waals surface area contributed by atoms with Gasteiger partial charge in [0.1, 0.15) is 5.15 Å². The average molecular weight is 187 g/mol. The van der Waals surface area contributed by atoms with Crippen LogP contribution in [0.2, 0.25) is 5.15 Å². The third-order valence-corrected chi connectivity index (χ3v) is 1.29. The SMILES string of the molecule is CCOC(=O)c1nccc(Cl)n1. The maximum atomic E-state index is 11.0. The van der Waals surface area contributed by atoms with Gasteiger partial charge >= 0.3 is 5.97 Å². The van der Waals surface area contributed by atoms with E-state index in [1.54, 1.807) is 6.92 Å². The van der Waals surface area contributed by atoms with E-state index < -0.39 is 5.97 Å². The topological polar surface area (TPSA) is 52.1 Å². The lowest BCUT2D eigenvalue weighted by atomic mass is 10.5. The summed E-state index contributed by atoms with van der Waals surface area (Å²) >= 11 is 5.53. The maximum absolute atomic E-state index is 11.0. The Balaban J connectivity index is 2.81. The lowest BCUT2D eigenvalue weighted by Crippen LogP contribution is -2.09. The zero-order valence-corrected chi connectivity index (χ0v) is 7.21. The Kier molecular flexibility index (Phi) is 2.99. The summed E-state index contributed by atoms with van der Waals surface area (Å²) in [5.41, 5.74) is 0. The number of esters is 1. The second-order valence-corrected chi connectivity index (χ2v) is 2.31. The molecule has 0 saturated carbocycles. The van der Waals surface area contributed by atoms with Crippen molar-refractivity contribution in [1.82, 2.24) is 9.97 Å². The van der Waals surface area contributed by atoms with Crippen LogP contribution in [0.15, 0.2) is 12.3 Å². The lowest BCUT2D eigenvalue weighted by molar-refractivity contribution is 0.0512. The zero-order valence-electron chi connectivity index (χ0n) is 6.45. The predicted octanol–water partition coefficient (Wildman–Crippen LogP) is 1.31. The van der Waals surface area contributed by atoms with Gasteiger partial charge in [-0.3, -0.25) is 0 Å². The van der Waals surface area contributed by atoms with Gasteiger partial charge in [0.2, 0.25) is 5.82 Å². The van der Waals surface area contributed by atoms with Crippen LogP contribution in [0.3, 0.4) is 0 Å². The zero-order chi connectivity index (χ0) is 8.97. The van der Waals surface area contributed by atoms with Crippen molar-refractivity contribution < 1.29 is 9.53 Å². The first-order valence-electron chi connectivity index (χ1n) is 3.39. The first kappa shape index (κ1) is 8.93. The van der Waals surface area contributed by atoms with Crippen LogP contribution in [0, 0.1) is 0 Å².